The van der Waals surface area contributed by atoms with E-state index in [0.29, 0.717) is 11.3 Å². The Hall–Kier alpha value is -2.96. The fourth-order valence-corrected chi connectivity index (χ4v) is 1.93. The third-order valence-electron chi connectivity index (χ3n) is 3.14. The number of hydrogen-bond donors (Lipinski definition) is 1. The Labute approximate surface area is 132 Å². The summed E-state index contributed by atoms with van der Waals surface area (Å²) < 4.78 is 18.1. The highest BCUT2D eigenvalue weighted by atomic mass is 19.1. The normalized spacial score (nSPS) is 10.2. The number of aryl methyl sites for hydroxylation is 1. The summed E-state index contributed by atoms with van der Waals surface area (Å²) in [6.07, 6.45) is 0. The summed E-state index contributed by atoms with van der Waals surface area (Å²) >= 11 is 0. The van der Waals surface area contributed by atoms with E-state index < -0.39 is 4.92 Å². The lowest BCUT2D eigenvalue weighted by Crippen LogP contribution is -2.28. The predicted octanol–water partition coefficient (Wildman–Crippen LogP) is 2.74. The molecular formula is C16H15FN2O4. The molecule has 0 unspecified atom stereocenters. The first-order valence-corrected chi connectivity index (χ1v) is 6.84. The highest BCUT2D eigenvalue weighted by molar-refractivity contribution is 5.77. The van der Waals surface area contributed by atoms with E-state index in [0.717, 1.165) is 5.56 Å². The van der Waals surface area contributed by atoms with Gasteiger partial charge in [-0.3, -0.25) is 14.9 Å². The van der Waals surface area contributed by atoms with Crippen LogP contribution < -0.4 is 10.1 Å². The van der Waals surface area contributed by atoms with Crippen molar-refractivity contribution in [3.63, 3.8) is 0 Å². The number of nitrogens with one attached hydrogen (secondary N) is 1. The Morgan fingerprint density at radius 1 is 1.26 bits per heavy atom. The second-order valence-electron chi connectivity index (χ2n) is 4.90. The summed E-state index contributed by atoms with van der Waals surface area (Å²) in [7, 11) is 0. The molecule has 0 aliphatic heterocycles. The minimum atomic E-state index is -0.478. The van der Waals surface area contributed by atoms with Gasteiger partial charge in [-0.15, -0.1) is 0 Å². The monoisotopic (exact) mass is 318 g/mol. The summed E-state index contributed by atoms with van der Waals surface area (Å²) in [6.45, 7) is 1.65. The van der Waals surface area contributed by atoms with Crippen molar-refractivity contribution in [2.45, 2.75) is 13.5 Å². The van der Waals surface area contributed by atoms with E-state index in [1.807, 2.05) is 0 Å². The molecule has 0 bridgehead atoms. The van der Waals surface area contributed by atoms with E-state index in [2.05, 4.69) is 5.32 Å². The zero-order valence-electron chi connectivity index (χ0n) is 12.4. The van der Waals surface area contributed by atoms with Gasteiger partial charge < -0.3 is 10.1 Å². The van der Waals surface area contributed by atoms with Crippen molar-refractivity contribution >= 4 is 11.6 Å². The van der Waals surface area contributed by atoms with Crippen molar-refractivity contribution in [2.75, 3.05) is 6.61 Å². The number of nitro groups is 1. The highest BCUT2D eigenvalue weighted by Crippen LogP contribution is 2.22. The molecule has 2 aromatic rings. The van der Waals surface area contributed by atoms with Gasteiger partial charge in [-0.05, 0) is 36.8 Å². The molecule has 0 saturated heterocycles. The number of benzene rings is 2. The van der Waals surface area contributed by atoms with Crippen molar-refractivity contribution in [3.8, 4) is 5.75 Å². The maximum Gasteiger partial charge on any atom is 0.272 e. The van der Waals surface area contributed by atoms with Crippen LogP contribution in [0.2, 0.25) is 0 Å². The number of carbonyl (C=O) groups is 1. The van der Waals surface area contributed by atoms with Crippen LogP contribution in [0.1, 0.15) is 11.1 Å². The number of ether oxygens (including phenoxy) is 1. The predicted molar refractivity (Wildman–Crippen MR) is 81.6 cm³/mol. The Balaban J connectivity index is 1.83. The molecule has 2 aromatic carbocycles. The van der Waals surface area contributed by atoms with Gasteiger partial charge in [-0.2, -0.15) is 0 Å². The molecular weight excluding hydrogens is 303 g/mol. The largest absolute Gasteiger partial charge is 0.484 e. The van der Waals surface area contributed by atoms with Gasteiger partial charge in [0.1, 0.15) is 11.6 Å². The third kappa shape index (κ3) is 4.77. The fraction of sp³-hybridized carbons (Fsp3) is 0.188. The number of hydrogen-bond acceptors (Lipinski definition) is 4. The molecule has 1 N–H and O–H groups in total. The molecule has 0 fully saturated rings. The number of halogens is 1. The number of amides is 1. The van der Waals surface area contributed by atoms with E-state index in [-0.39, 0.29) is 30.6 Å². The first-order chi connectivity index (χ1) is 11.0. The Bertz CT molecular complexity index is 717. The maximum absolute atomic E-state index is 12.8. The van der Waals surface area contributed by atoms with Crippen LogP contribution in [0.5, 0.6) is 5.75 Å². The van der Waals surface area contributed by atoms with Gasteiger partial charge in [0.2, 0.25) is 0 Å². The number of rotatable bonds is 6. The molecule has 120 valence electrons. The standard InChI is InChI=1S/C16H15FN2O4/c1-11-8-14(6-7-15(11)19(21)22)23-10-16(20)18-9-12-2-4-13(17)5-3-12/h2-8H,9-10H2,1H3,(H,18,20). The van der Waals surface area contributed by atoms with Crippen molar-refractivity contribution in [3.05, 3.63) is 69.5 Å². The average Bonchev–Trinajstić information content (AvgIpc) is 2.52. The summed E-state index contributed by atoms with van der Waals surface area (Å²) in [6, 6.07) is 10.1. The lowest BCUT2D eigenvalue weighted by molar-refractivity contribution is -0.385. The lowest BCUT2D eigenvalue weighted by atomic mass is 10.2. The summed E-state index contributed by atoms with van der Waals surface area (Å²) in [5.41, 5.74) is 1.23. The van der Waals surface area contributed by atoms with E-state index in [1.54, 1.807) is 19.1 Å². The van der Waals surface area contributed by atoms with Crippen LogP contribution in [0.25, 0.3) is 0 Å². The molecule has 0 radical (unpaired) electrons. The Kier molecular flexibility index (Phi) is 5.24. The first kappa shape index (κ1) is 16.4. The molecule has 0 aliphatic rings. The number of carbonyl (C=O) groups excluding carboxylic acids is 1. The van der Waals surface area contributed by atoms with Gasteiger partial charge in [0.15, 0.2) is 6.61 Å². The zero-order chi connectivity index (χ0) is 16.8. The fourth-order valence-electron chi connectivity index (χ4n) is 1.93. The topological polar surface area (TPSA) is 81.5 Å². The summed E-state index contributed by atoms with van der Waals surface area (Å²) in [5, 5.41) is 13.4. The van der Waals surface area contributed by atoms with Crippen LogP contribution in [-0.2, 0) is 11.3 Å². The Morgan fingerprint density at radius 2 is 1.96 bits per heavy atom. The lowest BCUT2D eigenvalue weighted by Gasteiger charge is -2.08. The molecule has 6 nitrogen and oxygen atoms in total. The first-order valence-electron chi connectivity index (χ1n) is 6.84. The van der Waals surface area contributed by atoms with Crippen molar-refractivity contribution < 1.29 is 18.8 Å². The molecule has 0 heterocycles. The molecule has 0 aromatic heterocycles. The summed E-state index contributed by atoms with van der Waals surface area (Å²) in [5.74, 6) is -0.299. The van der Waals surface area contributed by atoms with Crippen LogP contribution in [0, 0.1) is 22.9 Å². The van der Waals surface area contributed by atoms with Gasteiger partial charge >= 0.3 is 0 Å². The molecule has 23 heavy (non-hydrogen) atoms. The van der Waals surface area contributed by atoms with E-state index in [9.17, 15) is 19.3 Å². The molecule has 0 spiro atoms. The SMILES string of the molecule is Cc1cc(OCC(=O)NCc2ccc(F)cc2)ccc1[N+](=O)[O-]. The van der Waals surface area contributed by atoms with Crippen molar-refractivity contribution in [1.29, 1.82) is 0 Å². The van der Waals surface area contributed by atoms with E-state index in [1.165, 1.54) is 30.3 Å². The minimum absolute atomic E-state index is 0.00175. The zero-order valence-corrected chi connectivity index (χ0v) is 12.4. The third-order valence-corrected chi connectivity index (χ3v) is 3.14. The average molecular weight is 318 g/mol. The van der Waals surface area contributed by atoms with E-state index in [4.69, 9.17) is 4.74 Å². The number of nitro benzene ring substituents is 1. The van der Waals surface area contributed by atoms with Crippen molar-refractivity contribution in [2.24, 2.45) is 0 Å². The second-order valence-corrected chi connectivity index (χ2v) is 4.90. The quantitative estimate of drug-likeness (QED) is 0.656. The van der Waals surface area contributed by atoms with Gasteiger partial charge in [0.25, 0.3) is 11.6 Å². The van der Waals surface area contributed by atoms with Gasteiger partial charge in [-0.25, -0.2) is 4.39 Å². The maximum atomic E-state index is 12.8. The minimum Gasteiger partial charge on any atom is -0.484 e. The van der Waals surface area contributed by atoms with Crippen LogP contribution in [0.15, 0.2) is 42.5 Å². The van der Waals surface area contributed by atoms with Crippen LogP contribution in [0.3, 0.4) is 0 Å². The molecule has 1 amide bonds. The van der Waals surface area contributed by atoms with Crippen LogP contribution >= 0.6 is 0 Å². The van der Waals surface area contributed by atoms with E-state index >= 15 is 0 Å². The highest BCUT2D eigenvalue weighted by Gasteiger charge is 2.11. The van der Waals surface area contributed by atoms with Crippen LogP contribution in [0.4, 0.5) is 10.1 Å². The van der Waals surface area contributed by atoms with Gasteiger partial charge in [0, 0.05) is 18.2 Å². The van der Waals surface area contributed by atoms with Gasteiger partial charge in [-0.1, -0.05) is 12.1 Å². The van der Waals surface area contributed by atoms with Crippen molar-refractivity contribution in [1.82, 2.24) is 5.32 Å². The molecule has 0 aliphatic carbocycles. The molecule has 0 atom stereocenters. The smallest absolute Gasteiger partial charge is 0.272 e. The molecule has 0 saturated carbocycles. The van der Waals surface area contributed by atoms with Gasteiger partial charge in [0.05, 0.1) is 4.92 Å². The molecule has 2 rings (SSSR count). The second kappa shape index (κ2) is 7.35. The number of nitrogens with zero attached hydrogens (tertiary/aromatic N) is 1. The Morgan fingerprint density at radius 3 is 2.57 bits per heavy atom. The summed E-state index contributed by atoms with van der Waals surface area (Å²) in [4.78, 5) is 21.9. The van der Waals surface area contributed by atoms with Crippen LogP contribution in [-0.4, -0.2) is 17.4 Å². The molecule has 7 heteroatoms.